The summed E-state index contributed by atoms with van der Waals surface area (Å²) in [6.07, 6.45) is 3.04. The summed E-state index contributed by atoms with van der Waals surface area (Å²) in [7, 11) is 0. The summed E-state index contributed by atoms with van der Waals surface area (Å²) in [5.41, 5.74) is 0. The Bertz CT molecular complexity index is 275. The molecule has 126 valence electrons. The molecule has 0 aliphatic heterocycles. The third-order valence-corrected chi connectivity index (χ3v) is 3.29. The van der Waals surface area contributed by atoms with Gasteiger partial charge in [-0.25, -0.2) is 0 Å². The minimum absolute atomic E-state index is 0. The molecule has 0 spiro atoms. The van der Waals surface area contributed by atoms with Crippen molar-refractivity contribution in [1.29, 1.82) is 0 Å². The van der Waals surface area contributed by atoms with Crippen LogP contribution in [0.25, 0.3) is 0 Å². The van der Waals surface area contributed by atoms with Gasteiger partial charge in [0.1, 0.15) is 0 Å². The Morgan fingerprint density at radius 3 is 2.24 bits per heavy atom. The van der Waals surface area contributed by atoms with Crippen molar-refractivity contribution in [3.63, 3.8) is 0 Å². The van der Waals surface area contributed by atoms with Crippen LogP contribution in [0.15, 0.2) is 17.6 Å². The highest BCUT2D eigenvalue weighted by Gasteiger charge is 2.16. The first-order valence-corrected chi connectivity index (χ1v) is 7.95. The number of likely N-dealkylation sites (N-methyl/N-ethyl adjacent to an activating group) is 1. The van der Waals surface area contributed by atoms with Gasteiger partial charge in [0.2, 0.25) is 0 Å². The minimum atomic E-state index is 0. The molecule has 4 nitrogen and oxygen atoms in total. The summed E-state index contributed by atoms with van der Waals surface area (Å²) in [4.78, 5) is 7.23. The van der Waals surface area contributed by atoms with Crippen LogP contribution in [-0.2, 0) is 0 Å². The van der Waals surface area contributed by atoms with E-state index >= 15 is 0 Å². The van der Waals surface area contributed by atoms with Crippen LogP contribution in [0.1, 0.15) is 41.0 Å². The van der Waals surface area contributed by atoms with E-state index in [-0.39, 0.29) is 24.0 Å². The Morgan fingerprint density at radius 1 is 1.19 bits per heavy atom. The normalized spacial score (nSPS) is 13.0. The van der Waals surface area contributed by atoms with Crippen molar-refractivity contribution < 1.29 is 0 Å². The molecule has 0 fully saturated rings. The van der Waals surface area contributed by atoms with Crippen molar-refractivity contribution in [2.75, 3.05) is 32.7 Å². The smallest absolute Gasteiger partial charge is 0.191 e. The average Bonchev–Trinajstić information content (AvgIpc) is 2.42. The SMILES string of the molecule is C=CCNC(=NCC(CC(C)C)N(CC)CC)NCC.I. The molecule has 0 aromatic heterocycles. The molecule has 0 rings (SSSR count). The van der Waals surface area contributed by atoms with Crippen molar-refractivity contribution in [2.45, 2.75) is 47.1 Å². The Balaban J connectivity index is 0. The number of guanidine groups is 1. The third kappa shape index (κ3) is 11.0. The van der Waals surface area contributed by atoms with Gasteiger partial charge >= 0.3 is 0 Å². The summed E-state index contributed by atoms with van der Waals surface area (Å²) in [6, 6.07) is 0.518. The lowest BCUT2D eigenvalue weighted by molar-refractivity contribution is 0.196. The fraction of sp³-hybridized carbons (Fsp3) is 0.812. The van der Waals surface area contributed by atoms with Crippen LogP contribution in [0, 0.1) is 5.92 Å². The molecular formula is C16H35IN4. The summed E-state index contributed by atoms with van der Waals surface area (Å²) in [6.45, 7) is 19.4. The minimum Gasteiger partial charge on any atom is -0.357 e. The number of hydrogen-bond acceptors (Lipinski definition) is 2. The predicted molar refractivity (Wildman–Crippen MR) is 106 cm³/mol. The van der Waals surface area contributed by atoms with Crippen LogP contribution >= 0.6 is 24.0 Å². The summed E-state index contributed by atoms with van der Waals surface area (Å²) in [5, 5.41) is 6.53. The van der Waals surface area contributed by atoms with E-state index in [1.165, 1.54) is 6.42 Å². The molecule has 21 heavy (non-hydrogen) atoms. The molecule has 2 N–H and O–H groups in total. The highest BCUT2D eigenvalue weighted by atomic mass is 127. The van der Waals surface area contributed by atoms with E-state index in [1.807, 2.05) is 6.08 Å². The zero-order chi connectivity index (χ0) is 15.4. The number of rotatable bonds is 10. The van der Waals surface area contributed by atoms with Crippen molar-refractivity contribution in [2.24, 2.45) is 10.9 Å². The van der Waals surface area contributed by atoms with Gasteiger partial charge in [-0.15, -0.1) is 30.6 Å². The van der Waals surface area contributed by atoms with E-state index in [0.29, 0.717) is 12.0 Å². The summed E-state index contributed by atoms with van der Waals surface area (Å²) in [5.74, 6) is 1.58. The standard InChI is InChI=1S/C16H34N4.HI/c1-7-11-18-16(17-8-2)19-13-15(12-14(5)6)20(9-3)10-4;/h7,14-15H,1,8-13H2,2-6H3,(H2,17,18,19);1H. The molecule has 0 aliphatic carbocycles. The Morgan fingerprint density at radius 2 is 1.81 bits per heavy atom. The maximum Gasteiger partial charge on any atom is 0.191 e. The molecule has 0 saturated carbocycles. The molecule has 0 bridgehead atoms. The molecule has 1 atom stereocenters. The zero-order valence-corrected chi connectivity index (χ0v) is 16.8. The molecule has 0 aliphatic rings. The summed E-state index contributed by atoms with van der Waals surface area (Å²) >= 11 is 0. The van der Waals surface area contributed by atoms with Crippen LogP contribution < -0.4 is 10.6 Å². The largest absolute Gasteiger partial charge is 0.357 e. The maximum atomic E-state index is 4.73. The van der Waals surface area contributed by atoms with Crippen LogP contribution in [0.4, 0.5) is 0 Å². The lowest BCUT2D eigenvalue weighted by Crippen LogP contribution is -2.41. The van der Waals surface area contributed by atoms with Gasteiger partial charge in [-0.1, -0.05) is 33.8 Å². The van der Waals surface area contributed by atoms with Crippen molar-refractivity contribution in [3.05, 3.63) is 12.7 Å². The first-order chi connectivity index (χ1) is 9.58. The van der Waals surface area contributed by atoms with Crippen LogP contribution in [0.2, 0.25) is 0 Å². The molecule has 0 aromatic rings. The van der Waals surface area contributed by atoms with Crippen LogP contribution in [0.3, 0.4) is 0 Å². The molecule has 5 heteroatoms. The highest BCUT2D eigenvalue weighted by Crippen LogP contribution is 2.12. The van der Waals surface area contributed by atoms with E-state index in [1.54, 1.807) is 0 Å². The second-order valence-corrected chi connectivity index (χ2v) is 5.39. The quantitative estimate of drug-likeness (QED) is 0.252. The van der Waals surface area contributed by atoms with Gasteiger partial charge in [0.05, 0.1) is 6.54 Å². The number of hydrogen-bond donors (Lipinski definition) is 2. The second kappa shape index (κ2) is 14.6. The Labute approximate surface area is 148 Å². The van der Waals surface area contributed by atoms with Gasteiger partial charge in [0.15, 0.2) is 5.96 Å². The molecular weight excluding hydrogens is 375 g/mol. The van der Waals surface area contributed by atoms with Crippen LogP contribution in [0.5, 0.6) is 0 Å². The van der Waals surface area contributed by atoms with Gasteiger partial charge in [0.25, 0.3) is 0 Å². The van der Waals surface area contributed by atoms with E-state index < -0.39 is 0 Å². The van der Waals surface area contributed by atoms with E-state index in [2.05, 4.69) is 56.7 Å². The molecule has 0 aromatic carbocycles. The first-order valence-electron chi connectivity index (χ1n) is 7.95. The van der Waals surface area contributed by atoms with Crippen LogP contribution in [-0.4, -0.2) is 49.6 Å². The topological polar surface area (TPSA) is 39.7 Å². The molecule has 1 unspecified atom stereocenters. The summed E-state index contributed by atoms with van der Waals surface area (Å²) < 4.78 is 0. The predicted octanol–water partition coefficient (Wildman–Crippen LogP) is 3.10. The van der Waals surface area contributed by atoms with Gasteiger partial charge in [-0.05, 0) is 32.4 Å². The highest BCUT2D eigenvalue weighted by molar-refractivity contribution is 14.0. The van der Waals surface area contributed by atoms with Gasteiger partial charge < -0.3 is 10.6 Å². The lowest BCUT2D eigenvalue weighted by Gasteiger charge is -2.30. The fourth-order valence-electron chi connectivity index (χ4n) is 2.33. The number of halogens is 1. The zero-order valence-electron chi connectivity index (χ0n) is 14.5. The Kier molecular flexibility index (Phi) is 16.0. The van der Waals surface area contributed by atoms with E-state index in [9.17, 15) is 0 Å². The number of nitrogens with one attached hydrogen (secondary N) is 2. The van der Waals surface area contributed by atoms with E-state index in [0.717, 1.165) is 38.7 Å². The fourth-order valence-corrected chi connectivity index (χ4v) is 2.33. The number of nitrogens with zero attached hydrogens (tertiary/aromatic N) is 2. The molecule has 0 amide bonds. The van der Waals surface area contributed by atoms with Gasteiger partial charge in [-0.2, -0.15) is 0 Å². The third-order valence-electron chi connectivity index (χ3n) is 3.29. The van der Waals surface area contributed by atoms with Gasteiger partial charge in [0, 0.05) is 19.1 Å². The monoisotopic (exact) mass is 410 g/mol. The van der Waals surface area contributed by atoms with Gasteiger partial charge in [-0.3, -0.25) is 9.89 Å². The molecule has 0 saturated heterocycles. The lowest BCUT2D eigenvalue weighted by atomic mass is 10.0. The first kappa shape index (κ1) is 23.0. The maximum absolute atomic E-state index is 4.73. The van der Waals surface area contributed by atoms with Crippen molar-refractivity contribution in [3.8, 4) is 0 Å². The van der Waals surface area contributed by atoms with Crippen molar-refractivity contribution >= 4 is 29.9 Å². The average molecular weight is 410 g/mol. The Hall–Kier alpha value is -0.300. The second-order valence-electron chi connectivity index (χ2n) is 5.39. The number of aliphatic imine (C=N–C) groups is 1. The van der Waals surface area contributed by atoms with Crippen molar-refractivity contribution in [1.82, 2.24) is 15.5 Å². The molecule has 0 heterocycles. The van der Waals surface area contributed by atoms with E-state index in [4.69, 9.17) is 4.99 Å². The molecule has 0 radical (unpaired) electrons.